The smallest absolute Gasteiger partial charge is 0.120 e. The predicted octanol–water partition coefficient (Wildman–Crippen LogP) is 0.346. The number of carbonyl (C=O) groups is 1. The van der Waals surface area contributed by atoms with Crippen LogP contribution in [-0.4, -0.2) is 18.7 Å². The van der Waals surface area contributed by atoms with Crippen molar-refractivity contribution in [3.8, 4) is 12.3 Å². The van der Waals surface area contributed by atoms with E-state index in [4.69, 9.17) is 12.2 Å². The number of hydrogen-bond donors (Lipinski definition) is 1. The van der Waals surface area contributed by atoms with Crippen LogP contribution in [-0.2, 0) is 4.79 Å². The van der Waals surface area contributed by atoms with E-state index in [2.05, 4.69) is 10.9 Å². The molecule has 0 bridgehead atoms. The van der Waals surface area contributed by atoms with Gasteiger partial charge in [0.1, 0.15) is 12.1 Å². The standard InChI is InChI=1S/C6H8O.C2H4N2/c1-2-3-4-5-6-7;3-2-1-4-2/h1,6H,3-5H2;1H2,(H2,3,4). The number of unbranched alkanes of at least 4 members (excludes halogenated alkanes) is 2. The van der Waals surface area contributed by atoms with E-state index < -0.39 is 0 Å². The third kappa shape index (κ3) is 12.0. The van der Waals surface area contributed by atoms with E-state index in [1.54, 1.807) is 0 Å². The normalized spacial score (nSPS) is 11.7. The lowest BCUT2D eigenvalue weighted by atomic mass is 10.3. The molecule has 3 nitrogen and oxygen atoms in total. The molecule has 2 N–H and O–H groups in total. The van der Waals surface area contributed by atoms with E-state index in [-0.39, 0.29) is 0 Å². The molecule has 1 rings (SSSR count). The van der Waals surface area contributed by atoms with Crippen molar-refractivity contribution in [3.63, 3.8) is 0 Å². The van der Waals surface area contributed by atoms with Crippen LogP contribution in [0, 0.1) is 12.3 Å². The van der Waals surface area contributed by atoms with Gasteiger partial charge in [0.15, 0.2) is 0 Å². The molecule has 0 saturated carbocycles. The van der Waals surface area contributed by atoms with Crippen LogP contribution >= 0.6 is 0 Å². The van der Waals surface area contributed by atoms with Gasteiger partial charge in [-0.15, -0.1) is 12.3 Å². The second-order valence-corrected chi connectivity index (χ2v) is 2.07. The maximum absolute atomic E-state index is 9.61. The van der Waals surface area contributed by atoms with Crippen LogP contribution in [0.3, 0.4) is 0 Å². The number of nitrogens with zero attached hydrogens (tertiary/aromatic N) is 1. The quantitative estimate of drug-likeness (QED) is 0.360. The van der Waals surface area contributed by atoms with E-state index in [0.29, 0.717) is 6.42 Å². The van der Waals surface area contributed by atoms with Gasteiger partial charge in [0.2, 0.25) is 0 Å². The molecule has 0 unspecified atom stereocenters. The zero-order valence-corrected chi connectivity index (χ0v) is 6.42. The number of terminal acetylenes is 1. The number of aliphatic imine (C=N–C) groups is 1. The van der Waals surface area contributed by atoms with Crippen LogP contribution in [0.2, 0.25) is 0 Å². The second kappa shape index (κ2) is 6.81. The van der Waals surface area contributed by atoms with Gasteiger partial charge in [0.05, 0.1) is 6.54 Å². The molecule has 3 heteroatoms. The third-order valence-electron chi connectivity index (χ3n) is 0.984. The highest BCUT2D eigenvalue weighted by Crippen LogP contribution is 1.87. The first-order chi connectivity index (χ1) is 5.31. The average Bonchev–Trinajstić information content (AvgIpc) is 2.75. The van der Waals surface area contributed by atoms with E-state index >= 15 is 0 Å². The number of rotatable bonds is 3. The summed E-state index contributed by atoms with van der Waals surface area (Å²) in [6.45, 7) is 0.806. The summed E-state index contributed by atoms with van der Waals surface area (Å²) in [5.74, 6) is 3.24. The number of carbonyl (C=O) groups excluding carboxylic acids is 1. The molecule has 1 heterocycles. The van der Waals surface area contributed by atoms with Gasteiger partial charge in [-0.3, -0.25) is 4.99 Å². The van der Waals surface area contributed by atoms with Crippen molar-refractivity contribution in [2.24, 2.45) is 10.7 Å². The summed E-state index contributed by atoms with van der Waals surface area (Å²) in [5.41, 5.74) is 4.97. The zero-order chi connectivity index (χ0) is 8.53. The van der Waals surface area contributed by atoms with E-state index in [0.717, 1.165) is 31.5 Å². The zero-order valence-electron chi connectivity index (χ0n) is 6.42. The van der Waals surface area contributed by atoms with Crippen molar-refractivity contribution < 1.29 is 4.79 Å². The number of amidine groups is 1. The fraction of sp³-hybridized carbons (Fsp3) is 0.500. The summed E-state index contributed by atoms with van der Waals surface area (Å²) in [6, 6.07) is 0. The van der Waals surface area contributed by atoms with Gasteiger partial charge >= 0.3 is 0 Å². The molecule has 0 aliphatic carbocycles. The van der Waals surface area contributed by atoms with Crippen LogP contribution in [0.4, 0.5) is 0 Å². The fourth-order valence-electron chi connectivity index (χ4n) is 0.333. The molecule has 0 saturated heterocycles. The topological polar surface area (TPSA) is 55.5 Å². The van der Waals surface area contributed by atoms with Crippen LogP contribution in [0.15, 0.2) is 4.99 Å². The first kappa shape index (κ1) is 9.70. The summed E-state index contributed by atoms with van der Waals surface area (Å²) < 4.78 is 0. The molecule has 0 aromatic heterocycles. The highest BCUT2D eigenvalue weighted by atomic mass is 16.1. The van der Waals surface area contributed by atoms with E-state index in [9.17, 15) is 4.79 Å². The molecule has 1 aliphatic rings. The summed E-state index contributed by atoms with van der Waals surface area (Å²) in [4.78, 5) is 13.2. The molecule has 0 atom stereocenters. The van der Waals surface area contributed by atoms with Gasteiger partial charge in [-0.25, -0.2) is 0 Å². The van der Waals surface area contributed by atoms with Gasteiger partial charge in [-0.1, -0.05) is 0 Å². The molecule has 0 spiro atoms. The molecule has 60 valence electrons. The minimum absolute atomic E-state index is 0.601. The monoisotopic (exact) mass is 152 g/mol. The van der Waals surface area contributed by atoms with Crippen LogP contribution in [0.25, 0.3) is 0 Å². The molecular formula is C8H12N2O. The van der Waals surface area contributed by atoms with Crippen molar-refractivity contribution in [1.82, 2.24) is 0 Å². The van der Waals surface area contributed by atoms with Crippen molar-refractivity contribution in [1.29, 1.82) is 0 Å². The lowest BCUT2D eigenvalue weighted by molar-refractivity contribution is -0.107. The first-order valence-corrected chi connectivity index (χ1v) is 3.47. The first-order valence-electron chi connectivity index (χ1n) is 3.47. The predicted molar refractivity (Wildman–Crippen MR) is 45.2 cm³/mol. The van der Waals surface area contributed by atoms with Crippen molar-refractivity contribution in [2.75, 3.05) is 6.54 Å². The lowest BCUT2D eigenvalue weighted by Gasteiger charge is -1.79. The number of nitrogens with two attached hydrogens (primary N) is 1. The number of hydrogen-bond acceptors (Lipinski definition) is 3. The maximum Gasteiger partial charge on any atom is 0.120 e. The molecular weight excluding hydrogens is 140 g/mol. The van der Waals surface area contributed by atoms with Gasteiger partial charge in [-0.05, 0) is 6.42 Å². The summed E-state index contributed by atoms with van der Waals surface area (Å²) in [7, 11) is 0. The molecule has 11 heavy (non-hydrogen) atoms. The Labute approximate surface area is 66.7 Å². The third-order valence-corrected chi connectivity index (χ3v) is 0.984. The largest absolute Gasteiger partial charge is 0.386 e. The molecule has 1 aliphatic heterocycles. The van der Waals surface area contributed by atoms with Crippen molar-refractivity contribution in [2.45, 2.75) is 19.3 Å². The molecule has 0 aromatic carbocycles. The highest BCUT2D eigenvalue weighted by Gasteiger charge is 1.98. The van der Waals surface area contributed by atoms with Crippen molar-refractivity contribution in [3.05, 3.63) is 0 Å². The van der Waals surface area contributed by atoms with E-state index in [1.165, 1.54) is 0 Å². The van der Waals surface area contributed by atoms with Crippen LogP contribution < -0.4 is 5.73 Å². The minimum atomic E-state index is 0.601. The average molecular weight is 152 g/mol. The minimum Gasteiger partial charge on any atom is -0.386 e. The summed E-state index contributed by atoms with van der Waals surface area (Å²) in [5, 5.41) is 0. The Balaban J connectivity index is 0.000000207. The Morgan fingerprint density at radius 1 is 1.82 bits per heavy atom. The Hall–Kier alpha value is -1.30. The molecule has 0 amide bonds. The highest BCUT2D eigenvalue weighted by molar-refractivity contribution is 5.92. The Bertz CT molecular complexity index is 179. The molecule has 0 aromatic rings. The van der Waals surface area contributed by atoms with Gasteiger partial charge in [-0.2, -0.15) is 0 Å². The van der Waals surface area contributed by atoms with Gasteiger partial charge in [0.25, 0.3) is 0 Å². The maximum atomic E-state index is 9.61. The molecule has 0 fully saturated rings. The fourth-order valence-corrected chi connectivity index (χ4v) is 0.333. The van der Waals surface area contributed by atoms with Crippen LogP contribution in [0.5, 0.6) is 0 Å². The van der Waals surface area contributed by atoms with Gasteiger partial charge in [0, 0.05) is 12.8 Å². The molecule has 0 radical (unpaired) electrons. The lowest BCUT2D eigenvalue weighted by Crippen LogP contribution is -1.94. The van der Waals surface area contributed by atoms with Crippen LogP contribution in [0.1, 0.15) is 19.3 Å². The Morgan fingerprint density at radius 3 is 2.64 bits per heavy atom. The summed E-state index contributed by atoms with van der Waals surface area (Å²) in [6.07, 6.45) is 7.95. The summed E-state index contributed by atoms with van der Waals surface area (Å²) >= 11 is 0. The van der Waals surface area contributed by atoms with E-state index in [1.807, 2.05) is 0 Å². The van der Waals surface area contributed by atoms with Crippen molar-refractivity contribution >= 4 is 12.1 Å². The second-order valence-electron chi connectivity index (χ2n) is 2.07. The Kier molecular flexibility index (Phi) is 6.01. The SMILES string of the molecule is C#CCCCC=O.NC1=NC1. The van der Waals surface area contributed by atoms with Gasteiger partial charge < -0.3 is 10.5 Å². The number of aldehydes is 1. The Morgan fingerprint density at radius 2 is 2.36 bits per heavy atom.